The molecule has 0 aliphatic heterocycles. The van der Waals surface area contributed by atoms with Crippen molar-refractivity contribution >= 4 is 10.8 Å². The van der Waals surface area contributed by atoms with Crippen molar-refractivity contribution in [3.63, 3.8) is 0 Å². The fourth-order valence-corrected chi connectivity index (χ4v) is 2.12. The zero-order valence-electron chi connectivity index (χ0n) is 11.6. The lowest BCUT2D eigenvalue weighted by atomic mass is 9.98. The molecule has 0 unspecified atom stereocenters. The highest BCUT2D eigenvalue weighted by Gasteiger charge is 2.06. The average Bonchev–Trinajstić information content (AvgIpc) is 2.38. The molecule has 1 nitrogen and oxygen atoms in total. The van der Waals surface area contributed by atoms with Gasteiger partial charge in [0.25, 0.3) is 0 Å². The summed E-state index contributed by atoms with van der Waals surface area (Å²) in [4.78, 5) is 0. The van der Waals surface area contributed by atoms with Crippen LogP contribution in [0.5, 0.6) is 0 Å². The molecular formula is C17H23N. The van der Waals surface area contributed by atoms with Crippen molar-refractivity contribution in [2.75, 3.05) is 6.54 Å². The first kappa shape index (κ1) is 13.1. The maximum Gasteiger partial charge on any atom is 0.0211 e. The van der Waals surface area contributed by atoms with Gasteiger partial charge in [-0.15, -0.1) is 0 Å². The molecule has 1 heteroatoms. The molecular weight excluding hydrogens is 218 g/mol. The molecule has 2 aromatic carbocycles. The Morgan fingerprint density at radius 3 is 2.44 bits per heavy atom. The van der Waals surface area contributed by atoms with Gasteiger partial charge in [-0.05, 0) is 34.7 Å². The first-order valence-electron chi connectivity index (χ1n) is 6.86. The van der Waals surface area contributed by atoms with Gasteiger partial charge in [0.15, 0.2) is 0 Å². The van der Waals surface area contributed by atoms with Crippen LogP contribution < -0.4 is 5.32 Å². The summed E-state index contributed by atoms with van der Waals surface area (Å²) in [6.07, 6.45) is 0. The van der Waals surface area contributed by atoms with Crippen LogP contribution >= 0.6 is 0 Å². The predicted octanol–water partition coefficient (Wildman–Crippen LogP) is 4.22. The Hall–Kier alpha value is -1.34. The molecule has 2 rings (SSSR count). The van der Waals surface area contributed by atoms with Crippen LogP contribution in [0.3, 0.4) is 0 Å². The molecule has 96 valence electrons. The van der Waals surface area contributed by atoms with Gasteiger partial charge < -0.3 is 5.32 Å². The van der Waals surface area contributed by atoms with E-state index in [4.69, 9.17) is 0 Å². The standard InChI is InChI=1S/C17H23N/c1-13(2)14(3)11-18-12-16-9-6-8-15-7-4-5-10-17(15)16/h4-10,13-14,18H,11-12H2,1-3H3/t14-/m1/s1. The number of fused-ring (bicyclic) bond motifs is 1. The molecule has 0 spiro atoms. The summed E-state index contributed by atoms with van der Waals surface area (Å²) in [5.74, 6) is 1.46. The average molecular weight is 241 g/mol. The van der Waals surface area contributed by atoms with Crippen molar-refractivity contribution in [3.05, 3.63) is 48.0 Å². The van der Waals surface area contributed by atoms with E-state index in [9.17, 15) is 0 Å². The third-order valence-corrected chi connectivity index (χ3v) is 3.80. The summed E-state index contributed by atoms with van der Waals surface area (Å²) in [6, 6.07) is 15.1. The van der Waals surface area contributed by atoms with Gasteiger partial charge in [0.1, 0.15) is 0 Å². The molecule has 0 radical (unpaired) electrons. The molecule has 0 saturated heterocycles. The molecule has 1 atom stereocenters. The Kier molecular flexibility index (Phi) is 4.38. The molecule has 2 aromatic rings. The van der Waals surface area contributed by atoms with Gasteiger partial charge >= 0.3 is 0 Å². The maximum atomic E-state index is 3.57. The Morgan fingerprint density at radius 1 is 0.944 bits per heavy atom. The second-order valence-electron chi connectivity index (χ2n) is 5.49. The van der Waals surface area contributed by atoms with E-state index in [-0.39, 0.29) is 0 Å². The minimum Gasteiger partial charge on any atom is -0.312 e. The molecule has 18 heavy (non-hydrogen) atoms. The van der Waals surface area contributed by atoms with E-state index >= 15 is 0 Å². The fourth-order valence-electron chi connectivity index (χ4n) is 2.12. The summed E-state index contributed by atoms with van der Waals surface area (Å²) in [5, 5.41) is 6.27. The van der Waals surface area contributed by atoms with Crippen molar-refractivity contribution in [3.8, 4) is 0 Å². The van der Waals surface area contributed by atoms with E-state index < -0.39 is 0 Å². The van der Waals surface area contributed by atoms with Crippen molar-refractivity contribution in [1.82, 2.24) is 5.32 Å². The number of rotatable bonds is 5. The maximum absolute atomic E-state index is 3.57. The van der Waals surface area contributed by atoms with Gasteiger partial charge in [-0.1, -0.05) is 63.2 Å². The van der Waals surface area contributed by atoms with Crippen LogP contribution in [0.4, 0.5) is 0 Å². The second kappa shape index (κ2) is 6.01. The van der Waals surface area contributed by atoms with Gasteiger partial charge in [-0.2, -0.15) is 0 Å². The van der Waals surface area contributed by atoms with E-state index in [0.29, 0.717) is 0 Å². The van der Waals surface area contributed by atoms with Crippen LogP contribution in [-0.2, 0) is 6.54 Å². The van der Waals surface area contributed by atoms with Gasteiger partial charge in [0.05, 0.1) is 0 Å². The van der Waals surface area contributed by atoms with E-state index in [1.54, 1.807) is 0 Å². The summed E-state index contributed by atoms with van der Waals surface area (Å²) in [5.41, 5.74) is 1.39. The highest BCUT2D eigenvalue weighted by molar-refractivity contribution is 5.85. The first-order chi connectivity index (χ1) is 8.68. The minimum absolute atomic E-state index is 0.722. The Labute approximate surface area is 110 Å². The highest BCUT2D eigenvalue weighted by Crippen LogP contribution is 2.18. The SMILES string of the molecule is CC(C)[C@H](C)CNCc1cccc2ccccc12. The van der Waals surface area contributed by atoms with Crippen LogP contribution in [0.15, 0.2) is 42.5 Å². The highest BCUT2D eigenvalue weighted by atomic mass is 14.9. The molecule has 0 amide bonds. The third kappa shape index (κ3) is 3.11. The molecule has 1 N–H and O–H groups in total. The van der Waals surface area contributed by atoms with Crippen molar-refractivity contribution in [2.45, 2.75) is 27.3 Å². The van der Waals surface area contributed by atoms with Gasteiger partial charge in [-0.25, -0.2) is 0 Å². The summed E-state index contributed by atoms with van der Waals surface area (Å²) < 4.78 is 0. The number of nitrogens with one attached hydrogen (secondary N) is 1. The Balaban J connectivity index is 2.04. The smallest absolute Gasteiger partial charge is 0.0211 e. The third-order valence-electron chi connectivity index (χ3n) is 3.80. The number of hydrogen-bond acceptors (Lipinski definition) is 1. The monoisotopic (exact) mass is 241 g/mol. The Morgan fingerprint density at radius 2 is 1.67 bits per heavy atom. The Bertz CT molecular complexity index is 496. The largest absolute Gasteiger partial charge is 0.312 e. The van der Waals surface area contributed by atoms with Crippen molar-refractivity contribution in [1.29, 1.82) is 0 Å². The predicted molar refractivity (Wildman–Crippen MR) is 79.7 cm³/mol. The van der Waals surface area contributed by atoms with E-state index in [1.807, 2.05) is 0 Å². The molecule has 0 heterocycles. The lowest BCUT2D eigenvalue weighted by molar-refractivity contribution is 0.393. The molecule has 0 bridgehead atoms. The zero-order chi connectivity index (χ0) is 13.0. The molecule has 0 aliphatic carbocycles. The van der Waals surface area contributed by atoms with Crippen LogP contribution in [-0.4, -0.2) is 6.54 Å². The number of benzene rings is 2. The van der Waals surface area contributed by atoms with Gasteiger partial charge in [0, 0.05) is 6.54 Å². The van der Waals surface area contributed by atoms with Crippen LogP contribution in [0.25, 0.3) is 10.8 Å². The normalized spacial score (nSPS) is 13.1. The van der Waals surface area contributed by atoms with Crippen LogP contribution in [0.2, 0.25) is 0 Å². The summed E-state index contributed by atoms with van der Waals surface area (Å²) >= 11 is 0. The van der Waals surface area contributed by atoms with Gasteiger partial charge in [-0.3, -0.25) is 0 Å². The fraction of sp³-hybridized carbons (Fsp3) is 0.412. The van der Waals surface area contributed by atoms with Crippen molar-refractivity contribution in [2.24, 2.45) is 11.8 Å². The van der Waals surface area contributed by atoms with Gasteiger partial charge in [0.2, 0.25) is 0 Å². The lowest BCUT2D eigenvalue weighted by Crippen LogP contribution is -2.23. The van der Waals surface area contributed by atoms with E-state index in [2.05, 4.69) is 68.6 Å². The topological polar surface area (TPSA) is 12.0 Å². The van der Waals surface area contributed by atoms with Crippen LogP contribution in [0, 0.1) is 11.8 Å². The quantitative estimate of drug-likeness (QED) is 0.826. The first-order valence-corrected chi connectivity index (χ1v) is 6.86. The molecule has 0 fully saturated rings. The van der Waals surface area contributed by atoms with E-state index in [1.165, 1.54) is 16.3 Å². The van der Waals surface area contributed by atoms with Crippen LogP contribution in [0.1, 0.15) is 26.3 Å². The number of hydrogen-bond donors (Lipinski definition) is 1. The minimum atomic E-state index is 0.722. The zero-order valence-corrected chi connectivity index (χ0v) is 11.6. The van der Waals surface area contributed by atoms with E-state index in [0.717, 1.165) is 24.9 Å². The second-order valence-corrected chi connectivity index (χ2v) is 5.49. The molecule has 0 aromatic heterocycles. The molecule has 0 aliphatic rings. The summed E-state index contributed by atoms with van der Waals surface area (Å²) in [6.45, 7) is 8.91. The summed E-state index contributed by atoms with van der Waals surface area (Å²) in [7, 11) is 0. The molecule has 0 saturated carbocycles. The van der Waals surface area contributed by atoms with Crippen molar-refractivity contribution < 1.29 is 0 Å². The lowest BCUT2D eigenvalue weighted by Gasteiger charge is -2.16.